The lowest BCUT2D eigenvalue weighted by atomic mass is 10.1. The Morgan fingerprint density at radius 3 is 2.65 bits per heavy atom. The number of carbonyl (C=O) groups is 2. The molecule has 26 heavy (non-hydrogen) atoms. The molecule has 1 fully saturated rings. The second kappa shape index (κ2) is 7.95. The second-order valence-corrected chi connectivity index (χ2v) is 6.38. The number of hydrogen-bond acceptors (Lipinski definition) is 4. The van der Waals surface area contributed by atoms with Gasteiger partial charge < -0.3 is 10.6 Å². The number of anilines is 1. The Kier molecular flexibility index (Phi) is 5.46. The van der Waals surface area contributed by atoms with Crippen LogP contribution in [-0.2, 0) is 6.54 Å². The Balaban J connectivity index is 1.77. The molecule has 0 aliphatic heterocycles. The maximum atomic E-state index is 12.5. The summed E-state index contributed by atoms with van der Waals surface area (Å²) < 4.78 is 1.30. The van der Waals surface area contributed by atoms with Gasteiger partial charge in [0.15, 0.2) is 0 Å². The molecule has 2 N–H and O–H groups in total. The lowest BCUT2D eigenvalue weighted by molar-refractivity contribution is 0.0952. The molecule has 0 spiro atoms. The molecule has 1 aromatic carbocycles. The van der Waals surface area contributed by atoms with E-state index in [1.165, 1.54) is 16.8 Å². The predicted octanol–water partition coefficient (Wildman–Crippen LogP) is 2.19. The number of rotatable bonds is 7. The highest BCUT2D eigenvalue weighted by molar-refractivity contribution is 6.08. The fourth-order valence-electron chi connectivity index (χ4n) is 2.51. The lowest BCUT2D eigenvalue weighted by Crippen LogP contribution is -2.28. The molecule has 1 aliphatic rings. The van der Waals surface area contributed by atoms with Gasteiger partial charge >= 0.3 is 0 Å². The van der Waals surface area contributed by atoms with Gasteiger partial charge in [-0.1, -0.05) is 25.5 Å². The van der Waals surface area contributed by atoms with E-state index in [9.17, 15) is 14.4 Å². The number of benzene rings is 1. The minimum Gasteiger partial charge on any atom is -0.349 e. The van der Waals surface area contributed by atoms with E-state index in [0.717, 1.165) is 25.7 Å². The summed E-state index contributed by atoms with van der Waals surface area (Å²) in [6, 6.07) is 9.81. The number of aryl methyl sites for hydroxylation is 1. The van der Waals surface area contributed by atoms with Crippen molar-refractivity contribution in [2.45, 2.75) is 45.2 Å². The number of nitrogens with one attached hydrogen (secondary N) is 2. The zero-order valence-electron chi connectivity index (χ0n) is 14.7. The average molecular weight is 354 g/mol. The number of hydrogen-bond donors (Lipinski definition) is 2. The van der Waals surface area contributed by atoms with Crippen LogP contribution in [0.5, 0.6) is 0 Å². The van der Waals surface area contributed by atoms with Crippen molar-refractivity contribution in [3.05, 3.63) is 58.0 Å². The Hall–Kier alpha value is -2.96. The van der Waals surface area contributed by atoms with E-state index in [4.69, 9.17) is 0 Å². The van der Waals surface area contributed by atoms with Gasteiger partial charge in [-0.15, -0.1) is 0 Å². The molecule has 7 heteroatoms. The summed E-state index contributed by atoms with van der Waals surface area (Å²) in [6.07, 6.45) is 3.71. The predicted molar refractivity (Wildman–Crippen MR) is 98.3 cm³/mol. The van der Waals surface area contributed by atoms with Gasteiger partial charge in [-0.25, -0.2) is 4.68 Å². The summed E-state index contributed by atoms with van der Waals surface area (Å²) in [7, 11) is 0. The van der Waals surface area contributed by atoms with Gasteiger partial charge in [-0.2, -0.15) is 5.10 Å². The molecule has 1 aliphatic carbocycles. The van der Waals surface area contributed by atoms with Gasteiger partial charge in [0.1, 0.15) is 5.69 Å². The van der Waals surface area contributed by atoms with Crippen molar-refractivity contribution in [1.29, 1.82) is 0 Å². The van der Waals surface area contributed by atoms with Crippen molar-refractivity contribution in [2.75, 3.05) is 5.32 Å². The van der Waals surface area contributed by atoms with Crippen LogP contribution in [0.3, 0.4) is 0 Å². The first kappa shape index (κ1) is 17.8. The molecule has 2 aromatic rings. The van der Waals surface area contributed by atoms with Crippen LogP contribution in [-0.4, -0.2) is 27.6 Å². The number of carbonyl (C=O) groups excluding carboxylic acids is 2. The van der Waals surface area contributed by atoms with Crippen LogP contribution in [0, 0.1) is 0 Å². The average Bonchev–Trinajstić information content (AvgIpc) is 3.45. The molecular weight excluding hydrogens is 332 g/mol. The van der Waals surface area contributed by atoms with Crippen LogP contribution < -0.4 is 16.2 Å². The van der Waals surface area contributed by atoms with Crippen LogP contribution in [0.25, 0.3) is 0 Å². The number of nitrogens with zero attached hydrogens (tertiary/aromatic N) is 2. The highest BCUT2D eigenvalue weighted by Crippen LogP contribution is 2.21. The van der Waals surface area contributed by atoms with E-state index < -0.39 is 5.91 Å². The summed E-state index contributed by atoms with van der Waals surface area (Å²) in [5.41, 5.74) is 0.730. The van der Waals surface area contributed by atoms with Gasteiger partial charge in [0.2, 0.25) is 0 Å². The van der Waals surface area contributed by atoms with E-state index >= 15 is 0 Å². The topological polar surface area (TPSA) is 93.1 Å². The molecule has 0 radical (unpaired) electrons. The maximum absolute atomic E-state index is 12.5. The Morgan fingerprint density at radius 1 is 1.15 bits per heavy atom. The minimum atomic E-state index is -0.457. The molecule has 1 heterocycles. The highest BCUT2D eigenvalue weighted by Gasteiger charge is 2.25. The third kappa shape index (κ3) is 4.36. The first-order valence-corrected chi connectivity index (χ1v) is 8.88. The normalized spacial score (nSPS) is 13.3. The Morgan fingerprint density at radius 2 is 1.92 bits per heavy atom. The Labute approximate surface area is 151 Å². The molecule has 0 unspecified atom stereocenters. The molecule has 0 bridgehead atoms. The number of para-hydroxylation sites is 1. The molecule has 2 amide bonds. The van der Waals surface area contributed by atoms with Crippen molar-refractivity contribution in [3.8, 4) is 0 Å². The summed E-state index contributed by atoms with van der Waals surface area (Å²) in [5.74, 6) is -0.661. The molecule has 0 atom stereocenters. The quantitative estimate of drug-likeness (QED) is 0.797. The standard InChI is InChI=1S/C19H22N4O3/c1-2-3-12-23-17(24)11-10-16(22-23)19(26)21-15-7-5-4-6-14(15)18(25)20-13-8-9-13/h4-7,10-11,13H,2-3,8-9,12H2,1H3,(H,20,25)(H,21,26). The van der Waals surface area contributed by atoms with Crippen LogP contribution in [0.4, 0.5) is 5.69 Å². The maximum Gasteiger partial charge on any atom is 0.276 e. The monoisotopic (exact) mass is 354 g/mol. The van der Waals surface area contributed by atoms with E-state index in [1.54, 1.807) is 24.3 Å². The SMILES string of the molecule is CCCCn1nc(C(=O)Nc2ccccc2C(=O)NC2CC2)ccc1=O. The molecule has 1 saturated carbocycles. The zero-order chi connectivity index (χ0) is 18.5. The van der Waals surface area contributed by atoms with Crippen LogP contribution >= 0.6 is 0 Å². The molecule has 3 rings (SSSR count). The van der Waals surface area contributed by atoms with Gasteiger partial charge in [-0.3, -0.25) is 14.4 Å². The molecule has 0 saturated heterocycles. The minimum absolute atomic E-state index is 0.137. The van der Waals surface area contributed by atoms with Gasteiger partial charge in [0.05, 0.1) is 11.3 Å². The van der Waals surface area contributed by atoms with Crippen molar-refractivity contribution in [2.24, 2.45) is 0 Å². The zero-order valence-corrected chi connectivity index (χ0v) is 14.7. The number of amides is 2. The highest BCUT2D eigenvalue weighted by atomic mass is 16.2. The molecule has 136 valence electrons. The summed E-state index contributed by atoms with van der Waals surface area (Å²) >= 11 is 0. The van der Waals surface area contributed by atoms with Crippen molar-refractivity contribution in [1.82, 2.24) is 15.1 Å². The fourth-order valence-corrected chi connectivity index (χ4v) is 2.51. The van der Waals surface area contributed by atoms with Crippen molar-refractivity contribution < 1.29 is 9.59 Å². The third-order valence-electron chi connectivity index (χ3n) is 4.16. The second-order valence-electron chi connectivity index (χ2n) is 6.38. The van der Waals surface area contributed by atoms with E-state index in [-0.39, 0.29) is 23.2 Å². The molecule has 1 aromatic heterocycles. The summed E-state index contributed by atoms with van der Waals surface area (Å²) in [5, 5.41) is 9.77. The van der Waals surface area contributed by atoms with Crippen LogP contribution in [0.1, 0.15) is 53.5 Å². The number of unbranched alkanes of at least 4 members (excludes halogenated alkanes) is 1. The van der Waals surface area contributed by atoms with Crippen molar-refractivity contribution in [3.63, 3.8) is 0 Å². The van der Waals surface area contributed by atoms with Crippen LogP contribution in [0.2, 0.25) is 0 Å². The van der Waals surface area contributed by atoms with Gasteiger partial charge in [0, 0.05) is 18.7 Å². The first-order chi connectivity index (χ1) is 12.6. The summed E-state index contributed by atoms with van der Waals surface area (Å²) in [6.45, 7) is 2.49. The van der Waals surface area contributed by atoms with E-state index in [1.807, 2.05) is 6.92 Å². The molecule has 7 nitrogen and oxygen atoms in total. The van der Waals surface area contributed by atoms with Crippen LogP contribution in [0.15, 0.2) is 41.2 Å². The fraction of sp³-hybridized carbons (Fsp3) is 0.368. The number of aromatic nitrogens is 2. The molecular formula is C19H22N4O3. The van der Waals surface area contributed by atoms with E-state index in [2.05, 4.69) is 15.7 Å². The third-order valence-corrected chi connectivity index (χ3v) is 4.16. The summed E-state index contributed by atoms with van der Waals surface area (Å²) in [4.78, 5) is 36.7. The van der Waals surface area contributed by atoms with Crippen molar-refractivity contribution >= 4 is 17.5 Å². The van der Waals surface area contributed by atoms with Gasteiger partial charge in [-0.05, 0) is 37.5 Å². The lowest BCUT2D eigenvalue weighted by Gasteiger charge is -2.11. The van der Waals surface area contributed by atoms with E-state index in [0.29, 0.717) is 17.8 Å². The first-order valence-electron chi connectivity index (χ1n) is 8.88. The largest absolute Gasteiger partial charge is 0.349 e. The van der Waals surface area contributed by atoms with Gasteiger partial charge in [0.25, 0.3) is 17.4 Å². The Bertz CT molecular complexity index is 871. The smallest absolute Gasteiger partial charge is 0.276 e.